The number of nitrogens with two attached hydrogens (primary N) is 1. The van der Waals surface area contributed by atoms with Crippen LogP contribution in [0.15, 0.2) is 18.2 Å². The second-order valence-corrected chi connectivity index (χ2v) is 4.11. The van der Waals surface area contributed by atoms with Gasteiger partial charge < -0.3 is 5.73 Å². The first-order valence-corrected chi connectivity index (χ1v) is 4.77. The van der Waals surface area contributed by atoms with Crippen LogP contribution < -0.4 is 5.73 Å². The molecular weight excluding hydrogens is 308 g/mol. The van der Waals surface area contributed by atoms with E-state index < -0.39 is 0 Å². The lowest BCUT2D eigenvalue weighted by molar-refractivity contribution is 0.818. The molecule has 0 heterocycles. The van der Waals surface area contributed by atoms with E-state index >= 15 is 0 Å². The fourth-order valence-electron chi connectivity index (χ4n) is 0.871. The van der Waals surface area contributed by atoms with Gasteiger partial charge >= 0.3 is 0 Å². The van der Waals surface area contributed by atoms with Gasteiger partial charge in [0.15, 0.2) is 0 Å². The van der Waals surface area contributed by atoms with Crippen LogP contribution >= 0.6 is 46.6 Å². The highest BCUT2D eigenvalue weighted by atomic mass is 127. The van der Waals surface area contributed by atoms with Gasteiger partial charge in [0.1, 0.15) is 0 Å². The Labute approximate surface area is 97.2 Å². The molecule has 0 aliphatic rings. The lowest BCUT2D eigenvalue weighted by Crippen LogP contribution is -2.05. The Hall–Kier alpha value is 0.490. The maximum Gasteiger partial charge on any atom is 0.0464 e. The highest BCUT2D eigenvalue weighted by Gasteiger charge is 2.03. The summed E-state index contributed by atoms with van der Waals surface area (Å²) in [5.74, 6) is 0. The van der Waals surface area contributed by atoms with Gasteiger partial charge in [0.25, 0.3) is 0 Å². The lowest BCUT2D eigenvalue weighted by atomic mass is 10.1. The first-order chi connectivity index (χ1) is 5.11. The zero-order chi connectivity index (χ0) is 8.43. The third-order valence-corrected chi connectivity index (χ3v) is 2.45. The molecule has 1 unspecified atom stereocenters. The minimum absolute atomic E-state index is 0. The zero-order valence-corrected chi connectivity index (χ0v) is 10.3. The van der Waals surface area contributed by atoms with Crippen LogP contribution in [0.1, 0.15) is 18.5 Å². The molecule has 2 N–H and O–H groups in total. The van der Waals surface area contributed by atoms with Crippen molar-refractivity contribution in [3.05, 3.63) is 32.4 Å². The zero-order valence-electron chi connectivity index (χ0n) is 6.55. The molecule has 0 aliphatic heterocycles. The molecule has 1 aromatic carbocycles. The largest absolute Gasteiger partial charge is 0.324 e. The average Bonchev–Trinajstić information content (AvgIpc) is 1.85. The van der Waals surface area contributed by atoms with Crippen molar-refractivity contribution in [3.8, 4) is 0 Å². The van der Waals surface area contributed by atoms with Crippen molar-refractivity contribution in [1.29, 1.82) is 0 Å². The summed E-state index contributed by atoms with van der Waals surface area (Å²) >= 11 is 8.16. The predicted molar refractivity (Wildman–Crippen MR) is 64.0 cm³/mol. The van der Waals surface area contributed by atoms with Gasteiger partial charge in [-0.3, -0.25) is 0 Å². The summed E-state index contributed by atoms with van der Waals surface area (Å²) < 4.78 is 1.14. The van der Waals surface area contributed by atoms with E-state index in [1.165, 1.54) is 0 Å². The average molecular weight is 318 g/mol. The van der Waals surface area contributed by atoms with E-state index in [0.29, 0.717) is 0 Å². The molecule has 0 fully saturated rings. The van der Waals surface area contributed by atoms with E-state index in [-0.39, 0.29) is 18.4 Å². The van der Waals surface area contributed by atoms with Gasteiger partial charge in [0.2, 0.25) is 0 Å². The molecule has 0 aliphatic carbocycles. The Morgan fingerprint density at radius 2 is 2.08 bits per heavy atom. The third-order valence-electron chi connectivity index (χ3n) is 1.45. The maximum absolute atomic E-state index is 5.94. The van der Waals surface area contributed by atoms with Crippen LogP contribution in [0.2, 0.25) is 5.02 Å². The van der Waals surface area contributed by atoms with Crippen LogP contribution in [0.4, 0.5) is 0 Å². The molecular formula is C8H10Cl2IN. The normalized spacial score (nSPS) is 12.0. The highest BCUT2D eigenvalue weighted by Crippen LogP contribution is 2.23. The predicted octanol–water partition coefficient (Wildman–Crippen LogP) is 3.39. The summed E-state index contributed by atoms with van der Waals surface area (Å²) in [6, 6.07) is 5.90. The Bertz CT molecular complexity index is 263. The third kappa shape index (κ3) is 3.09. The quantitative estimate of drug-likeness (QED) is 0.789. The van der Waals surface area contributed by atoms with Crippen molar-refractivity contribution in [3.63, 3.8) is 0 Å². The van der Waals surface area contributed by atoms with Gasteiger partial charge in [0.05, 0.1) is 0 Å². The molecule has 0 radical (unpaired) electrons. The number of rotatable bonds is 1. The molecule has 0 saturated carbocycles. The van der Waals surface area contributed by atoms with Crippen molar-refractivity contribution >= 4 is 46.6 Å². The molecule has 0 amide bonds. The van der Waals surface area contributed by atoms with Crippen LogP contribution in [-0.4, -0.2) is 0 Å². The lowest BCUT2D eigenvalue weighted by Gasteiger charge is -2.07. The fourth-order valence-corrected chi connectivity index (χ4v) is 1.90. The molecule has 1 atom stereocenters. The van der Waals surface area contributed by atoms with Crippen molar-refractivity contribution < 1.29 is 0 Å². The summed E-state index contributed by atoms with van der Waals surface area (Å²) in [7, 11) is 0. The Balaban J connectivity index is 0.00000121. The standard InChI is InChI=1S/C8H9ClIN.ClH/c1-5(11)7-3-2-6(10)4-8(7)9;/h2-5H,11H2,1H3;1H. The van der Waals surface area contributed by atoms with Gasteiger partial charge in [-0.15, -0.1) is 12.4 Å². The molecule has 12 heavy (non-hydrogen) atoms. The van der Waals surface area contributed by atoms with Gasteiger partial charge in [-0.25, -0.2) is 0 Å². The summed E-state index contributed by atoms with van der Waals surface area (Å²) in [6.45, 7) is 1.92. The van der Waals surface area contributed by atoms with E-state index in [2.05, 4.69) is 22.6 Å². The van der Waals surface area contributed by atoms with Gasteiger partial charge in [0, 0.05) is 14.6 Å². The van der Waals surface area contributed by atoms with Crippen LogP contribution in [0.5, 0.6) is 0 Å². The van der Waals surface area contributed by atoms with Crippen LogP contribution in [0.25, 0.3) is 0 Å². The van der Waals surface area contributed by atoms with Crippen molar-refractivity contribution in [2.24, 2.45) is 5.73 Å². The van der Waals surface area contributed by atoms with Crippen molar-refractivity contribution in [2.75, 3.05) is 0 Å². The van der Waals surface area contributed by atoms with Gasteiger partial charge in [-0.1, -0.05) is 17.7 Å². The van der Waals surface area contributed by atoms with Crippen LogP contribution in [0, 0.1) is 3.57 Å². The summed E-state index contributed by atoms with van der Waals surface area (Å²) in [6.07, 6.45) is 0. The molecule has 68 valence electrons. The summed E-state index contributed by atoms with van der Waals surface area (Å²) in [4.78, 5) is 0. The van der Waals surface area contributed by atoms with E-state index in [1.807, 2.05) is 25.1 Å². The van der Waals surface area contributed by atoms with Gasteiger partial charge in [-0.05, 0) is 47.2 Å². The SMILES string of the molecule is CC(N)c1ccc(I)cc1Cl.Cl. The van der Waals surface area contributed by atoms with Crippen LogP contribution in [0.3, 0.4) is 0 Å². The maximum atomic E-state index is 5.94. The highest BCUT2D eigenvalue weighted by molar-refractivity contribution is 14.1. The molecule has 4 heteroatoms. The van der Waals surface area contributed by atoms with E-state index in [1.54, 1.807) is 0 Å². The van der Waals surface area contributed by atoms with E-state index in [0.717, 1.165) is 14.2 Å². The number of benzene rings is 1. The van der Waals surface area contributed by atoms with E-state index in [4.69, 9.17) is 17.3 Å². The van der Waals surface area contributed by atoms with E-state index in [9.17, 15) is 0 Å². The monoisotopic (exact) mass is 317 g/mol. The summed E-state index contributed by atoms with van der Waals surface area (Å²) in [5, 5.41) is 0.756. The first-order valence-electron chi connectivity index (χ1n) is 3.32. The molecule has 1 nitrogen and oxygen atoms in total. The Morgan fingerprint density at radius 1 is 1.50 bits per heavy atom. The van der Waals surface area contributed by atoms with Gasteiger partial charge in [-0.2, -0.15) is 0 Å². The Morgan fingerprint density at radius 3 is 2.50 bits per heavy atom. The topological polar surface area (TPSA) is 26.0 Å². The number of halogens is 3. The Kier molecular flexibility index (Phi) is 5.48. The van der Waals surface area contributed by atoms with Crippen molar-refractivity contribution in [1.82, 2.24) is 0 Å². The molecule has 0 aromatic heterocycles. The summed E-state index contributed by atoms with van der Waals surface area (Å²) in [5.41, 5.74) is 6.68. The fraction of sp³-hybridized carbons (Fsp3) is 0.250. The molecule has 0 spiro atoms. The van der Waals surface area contributed by atoms with Crippen LogP contribution in [-0.2, 0) is 0 Å². The second kappa shape index (κ2) is 5.27. The molecule has 1 aromatic rings. The smallest absolute Gasteiger partial charge is 0.0464 e. The number of hydrogen-bond donors (Lipinski definition) is 1. The second-order valence-electron chi connectivity index (χ2n) is 2.45. The van der Waals surface area contributed by atoms with Crippen molar-refractivity contribution in [2.45, 2.75) is 13.0 Å². The molecule has 0 saturated heterocycles. The minimum atomic E-state index is 0. The first kappa shape index (κ1) is 12.5. The molecule has 0 bridgehead atoms. The number of hydrogen-bond acceptors (Lipinski definition) is 1. The molecule has 1 rings (SSSR count). The minimum Gasteiger partial charge on any atom is -0.324 e.